The molecular formula is C18H24F2N2O4Si. The van der Waals surface area contributed by atoms with Gasteiger partial charge in [0.15, 0.2) is 0 Å². The molecule has 0 saturated carbocycles. The van der Waals surface area contributed by atoms with Crippen molar-refractivity contribution in [2.24, 2.45) is 0 Å². The number of amides is 1. The van der Waals surface area contributed by atoms with E-state index in [9.17, 15) is 18.7 Å². The summed E-state index contributed by atoms with van der Waals surface area (Å²) in [5, 5.41) is 11.4. The van der Waals surface area contributed by atoms with Gasteiger partial charge in [0, 0.05) is 22.8 Å². The van der Waals surface area contributed by atoms with Crippen molar-refractivity contribution in [3.05, 3.63) is 23.8 Å². The standard InChI is InChI=1S/C18H24F2N2O4Si/c1-27(2,3)16-14(8-11-10-25-7-6-22(11)18(23)24)13-9-12(26-17(19)20)4-5-15(13)21-16/h4-5,9,11,17,21H,6-8,10H2,1-3H3,(H,23,24)/t11-/m0/s1. The van der Waals surface area contributed by atoms with Gasteiger partial charge in [0.2, 0.25) is 0 Å². The van der Waals surface area contributed by atoms with E-state index in [1.807, 2.05) is 0 Å². The van der Waals surface area contributed by atoms with Crippen LogP contribution in [0.4, 0.5) is 13.6 Å². The topological polar surface area (TPSA) is 74.8 Å². The zero-order valence-corrected chi connectivity index (χ0v) is 16.6. The Morgan fingerprint density at radius 2 is 2.19 bits per heavy atom. The number of aromatic nitrogens is 1. The average molecular weight is 398 g/mol. The fraction of sp³-hybridized carbons (Fsp3) is 0.500. The molecule has 0 bridgehead atoms. The number of morpholine rings is 1. The van der Waals surface area contributed by atoms with Crippen LogP contribution in [0.25, 0.3) is 10.9 Å². The minimum Gasteiger partial charge on any atom is -0.465 e. The van der Waals surface area contributed by atoms with Crippen molar-refractivity contribution >= 4 is 30.4 Å². The summed E-state index contributed by atoms with van der Waals surface area (Å²) in [5.74, 6) is 0.0925. The summed E-state index contributed by atoms with van der Waals surface area (Å²) in [5.41, 5.74) is 1.80. The second-order valence-corrected chi connectivity index (χ2v) is 12.7. The number of benzene rings is 1. The van der Waals surface area contributed by atoms with Gasteiger partial charge in [0.05, 0.1) is 27.3 Å². The third-order valence-electron chi connectivity index (χ3n) is 4.77. The van der Waals surface area contributed by atoms with Gasteiger partial charge in [0.1, 0.15) is 5.75 Å². The van der Waals surface area contributed by atoms with Crippen molar-refractivity contribution in [1.29, 1.82) is 0 Å². The molecule has 0 spiro atoms. The first-order valence-electron chi connectivity index (χ1n) is 8.84. The van der Waals surface area contributed by atoms with Crippen LogP contribution in [0.3, 0.4) is 0 Å². The van der Waals surface area contributed by atoms with Gasteiger partial charge in [-0.25, -0.2) is 4.79 Å². The summed E-state index contributed by atoms with van der Waals surface area (Å²) in [6.07, 6.45) is -0.510. The molecule has 0 unspecified atom stereocenters. The Morgan fingerprint density at radius 3 is 2.81 bits per heavy atom. The lowest BCUT2D eigenvalue weighted by Crippen LogP contribution is -2.50. The van der Waals surface area contributed by atoms with E-state index in [1.54, 1.807) is 12.1 Å². The molecule has 2 heterocycles. The Morgan fingerprint density at radius 1 is 1.44 bits per heavy atom. The molecule has 3 rings (SSSR count). The quantitative estimate of drug-likeness (QED) is 0.759. The Hall–Kier alpha value is -2.13. The van der Waals surface area contributed by atoms with Gasteiger partial charge < -0.3 is 24.5 Å². The number of rotatable bonds is 5. The third kappa shape index (κ3) is 4.24. The normalized spacial score (nSPS) is 18.3. The SMILES string of the molecule is C[Si](C)(C)c1[nH]c2ccc(OC(F)F)cc2c1C[C@H]1COCCN1C(=O)O. The number of nitrogens with zero attached hydrogens (tertiary/aromatic N) is 1. The minimum atomic E-state index is -2.89. The van der Waals surface area contributed by atoms with Crippen LogP contribution in [-0.4, -0.2) is 61.6 Å². The van der Waals surface area contributed by atoms with Crippen LogP contribution in [0.2, 0.25) is 19.6 Å². The summed E-state index contributed by atoms with van der Waals surface area (Å²) in [6, 6.07) is 4.53. The molecule has 0 aliphatic carbocycles. The molecule has 1 saturated heterocycles. The number of halogens is 2. The second-order valence-electron chi connectivity index (χ2n) is 7.72. The molecule has 2 aromatic rings. The number of H-pyrrole nitrogens is 1. The summed E-state index contributed by atoms with van der Waals surface area (Å²) in [6.45, 7) is 4.68. The molecule has 1 fully saturated rings. The number of fused-ring (bicyclic) bond motifs is 1. The number of ether oxygens (including phenoxy) is 2. The number of alkyl halides is 2. The van der Waals surface area contributed by atoms with Gasteiger partial charge in [-0.3, -0.25) is 0 Å². The van der Waals surface area contributed by atoms with Gasteiger partial charge in [-0.2, -0.15) is 8.78 Å². The summed E-state index contributed by atoms with van der Waals surface area (Å²) in [4.78, 5) is 16.4. The molecule has 9 heteroatoms. The number of hydrogen-bond donors (Lipinski definition) is 2. The predicted octanol–water partition coefficient (Wildman–Crippen LogP) is 3.24. The van der Waals surface area contributed by atoms with E-state index in [4.69, 9.17) is 4.74 Å². The van der Waals surface area contributed by atoms with Gasteiger partial charge in [-0.15, -0.1) is 0 Å². The van der Waals surface area contributed by atoms with Crippen LogP contribution >= 0.6 is 0 Å². The molecule has 1 amide bonds. The maximum Gasteiger partial charge on any atom is 0.407 e. The van der Waals surface area contributed by atoms with E-state index >= 15 is 0 Å². The average Bonchev–Trinajstić information content (AvgIpc) is 2.93. The van der Waals surface area contributed by atoms with Crippen molar-refractivity contribution in [3.8, 4) is 5.75 Å². The van der Waals surface area contributed by atoms with E-state index in [0.29, 0.717) is 26.2 Å². The Labute approximate surface area is 157 Å². The summed E-state index contributed by atoms with van der Waals surface area (Å²) >= 11 is 0. The first kappa shape index (κ1) is 19.6. The number of hydrogen-bond acceptors (Lipinski definition) is 3. The minimum absolute atomic E-state index is 0.0925. The lowest BCUT2D eigenvalue weighted by molar-refractivity contribution is -0.0497. The molecule has 1 aliphatic rings. The highest BCUT2D eigenvalue weighted by Gasteiger charge is 2.31. The highest BCUT2D eigenvalue weighted by molar-refractivity contribution is 6.88. The molecular weight excluding hydrogens is 374 g/mol. The lowest BCUT2D eigenvalue weighted by Gasteiger charge is -2.34. The lowest BCUT2D eigenvalue weighted by atomic mass is 10.0. The largest absolute Gasteiger partial charge is 0.465 e. The Balaban J connectivity index is 2.05. The van der Waals surface area contributed by atoms with Gasteiger partial charge in [0.25, 0.3) is 0 Å². The molecule has 1 aromatic heterocycles. The van der Waals surface area contributed by atoms with Crippen LogP contribution in [0.5, 0.6) is 5.75 Å². The highest BCUT2D eigenvalue weighted by Crippen LogP contribution is 2.27. The van der Waals surface area contributed by atoms with Gasteiger partial charge in [-0.05, 0) is 30.2 Å². The maximum atomic E-state index is 12.6. The van der Waals surface area contributed by atoms with Gasteiger partial charge in [-0.1, -0.05) is 19.6 Å². The molecule has 1 atom stereocenters. The summed E-state index contributed by atoms with van der Waals surface area (Å²) < 4.78 is 35.3. The van der Waals surface area contributed by atoms with E-state index < -0.39 is 20.8 Å². The van der Waals surface area contributed by atoms with Crippen molar-refractivity contribution < 1.29 is 28.2 Å². The van der Waals surface area contributed by atoms with Crippen LogP contribution in [-0.2, 0) is 11.2 Å². The third-order valence-corrected chi connectivity index (χ3v) is 6.69. The zero-order valence-electron chi connectivity index (χ0n) is 15.6. The van der Waals surface area contributed by atoms with Crippen LogP contribution < -0.4 is 10.1 Å². The molecule has 2 N–H and O–H groups in total. The molecule has 0 radical (unpaired) electrons. The van der Waals surface area contributed by atoms with Crippen LogP contribution in [0, 0.1) is 0 Å². The predicted molar refractivity (Wildman–Crippen MR) is 101 cm³/mol. The fourth-order valence-electron chi connectivity index (χ4n) is 3.57. The second kappa shape index (κ2) is 7.47. The van der Waals surface area contributed by atoms with E-state index in [0.717, 1.165) is 21.8 Å². The molecule has 27 heavy (non-hydrogen) atoms. The fourth-order valence-corrected chi connectivity index (χ4v) is 5.22. The van der Waals surface area contributed by atoms with E-state index in [1.165, 1.54) is 11.0 Å². The number of aromatic amines is 1. The van der Waals surface area contributed by atoms with Crippen LogP contribution in [0.1, 0.15) is 5.56 Å². The highest BCUT2D eigenvalue weighted by atomic mass is 28.3. The molecule has 6 nitrogen and oxygen atoms in total. The number of nitrogens with one attached hydrogen (secondary N) is 1. The number of carbonyl (C=O) groups is 1. The first-order valence-corrected chi connectivity index (χ1v) is 12.3. The molecule has 148 valence electrons. The summed E-state index contributed by atoms with van der Waals surface area (Å²) in [7, 11) is -1.80. The monoisotopic (exact) mass is 398 g/mol. The van der Waals surface area contributed by atoms with Crippen molar-refractivity contribution in [2.45, 2.75) is 38.7 Å². The Kier molecular flexibility index (Phi) is 5.43. The Bertz CT molecular complexity index is 835. The molecule has 1 aromatic carbocycles. The van der Waals surface area contributed by atoms with Crippen LogP contribution in [0.15, 0.2) is 18.2 Å². The first-order chi connectivity index (χ1) is 12.7. The van der Waals surface area contributed by atoms with Gasteiger partial charge >= 0.3 is 12.7 Å². The zero-order chi connectivity index (χ0) is 19.8. The smallest absolute Gasteiger partial charge is 0.407 e. The van der Waals surface area contributed by atoms with E-state index in [2.05, 4.69) is 29.4 Å². The molecule has 1 aliphatic heterocycles. The van der Waals surface area contributed by atoms with Crippen molar-refractivity contribution in [1.82, 2.24) is 9.88 Å². The van der Waals surface area contributed by atoms with Crippen molar-refractivity contribution in [3.63, 3.8) is 0 Å². The van der Waals surface area contributed by atoms with E-state index in [-0.39, 0.29) is 11.8 Å². The van der Waals surface area contributed by atoms with Crippen molar-refractivity contribution in [2.75, 3.05) is 19.8 Å². The number of carboxylic acid groups (broad SMARTS) is 1. The maximum absolute atomic E-state index is 12.6.